The number of aliphatic carboxylic acids is 1. The summed E-state index contributed by atoms with van der Waals surface area (Å²) in [5, 5.41) is 8.82. The number of halogens is 1. The van der Waals surface area contributed by atoms with E-state index in [4.69, 9.17) is 10.8 Å². The van der Waals surface area contributed by atoms with Gasteiger partial charge in [-0.05, 0) is 35.0 Å². The second-order valence-electron chi connectivity index (χ2n) is 3.91. The van der Waals surface area contributed by atoms with Crippen molar-refractivity contribution < 1.29 is 18.3 Å². The van der Waals surface area contributed by atoms with E-state index in [0.717, 1.165) is 0 Å². The van der Waals surface area contributed by atoms with Crippen molar-refractivity contribution in [3.05, 3.63) is 28.7 Å². The molecule has 0 saturated heterocycles. The molecule has 1 aromatic rings. The van der Waals surface area contributed by atoms with Crippen LogP contribution in [0.2, 0.25) is 0 Å². The van der Waals surface area contributed by atoms with Gasteiger partial charge in [-0.15, -0.1) is 0 Å². The van der Waals surface area contributed by atoms with Gasteiger partial charge < -0.3 is 10.8 Å². The Morgan fingerprint density at radius 1 is 1.47 bits per heavy atom. The van der Waals surface area contributed by atoms with E-state index in [2.05, 4.69) is 15.9 Å². The summed E-state index contributed by atoms with van der Waals surface area (Å²) in [6.07, 6.45) is 0. The third kappa shape index (κ3) is 3.27. The Kier molecular flexibility index (Phi) is 3.95. The number of carboxylic acid groups (broad SMARTS) is 1. The highest BCUT2D eigenvalue weighted by Crippen LogP contribution is 2.24. The summed E-state index contributed by atoms with van der Waals surface area (Å²) < 4.78 is 24.4. The maximum absolute atomic E-state index is 12.0. The fourth-order valence-corrected chi connectivity index (χ4v) is 3.98. The number of sulfone groups is 1. The maximum atomic E-state index is 12.0. The zero-order valence-electron chi connectivity index (χ0n) is 9.05. The first kappa shape index (κ1) is 14.1. The number of nitrogens with two attached hydrogens (primary N) is 1. The first-order valence-electron chi connectivity index (χ1n) is 4.66. The fourth-order valence-electron chi connectivity index (χ4n) is 1.23. The van der Waals surface area contributed by atoms with Crippen molar-refractivity contribution in [3.8, 4) is 0 Å². The summed E-state index contributed by atoms with van der Waals surface area (Å²) in [6, 6.07) is 6.20. The monoisotopic (exact) mass is 321 g/mol. The van der Waals surface area contributed by atoms with Gasteiger partial charge in [0.05, 0.1) is 10.6 Å². The predicted octanol–water partition coefficient (Wildman–Crippen LogP) is 1.02. The van der Waals surface area contributed by atoms with E-state index < -0.39 is 27.1 Å². The molecule has 0 amide bonds. The first-order chi connectivity index (χ1) is 7.67. The third-order valence-electron chi connectivity index (χ3n) is 2.15. The molecule has 0 saturated carbocycles. The Bertz CT molecular complexity index is 539. The van der Waals surface area contributed by atoms with Gasteiger partial charge in [0.1, 0.15) is 5.54 Å². The molecule has 0 bridgehead atoms. The minimum atomic E-state index is -3.75. The zero-order chi connectivity index (χ0) is 13.3. The molecule has 0 fully saturated rings. The highest BCUT2D eigenvalue weighted by atomic mass is 79.9. The summed E-state index contributed by atoms with van der Waals surface area (Å²) in [4.78, 5) is 10.9. The summed E-state index contributed by atoms with van der Waals surface area (Å²) in [7, 11) is -3.75. The number of carboxylic acids is 1. The molecule has 1 aromatic carbocycles. The van der Waals surface area contributed by atoms with Gasteiger partial charge in [0.2, 0.25) is 0 Å². The van der Waals surface area contributed by atoms with E-state index in [1.54, 1.807) is 18.2 Å². The lowest BCUT2D eigenvalue weighted by Crippen LogP contribution is -2.50. The summed E-state index contributed by atoms with van der Waals surface area (Å²) in [5.41, 5.74) is 3.63. The Morgan fingerprint density at radius 3 is 2.47 bits per heavy atom. The fraction of sp³-hybridized carbons (Fsp3) is 0.300. The van der Waals surface area contributed by atoms with Crippen LogP contribution in [0.5, 0.6) is 0 Å². The van der Waals surface area contributed by atoms with Gasteiger partial charge >= 0.3 is 5.97 Å². The minimum Gasteiger partial charge on any atom is -0.480 e. The standard InChI is InChI=1S/C10H12BrNO4S/c1-10(12,9(13)14)6-17(15,16)8-5-3-2-4-7(8)11/h2-5H,6,12H2,1H3,(H,13,14)/t10-/m1/s1. The van der Waals surface area contributed by atoms with Crippen LogP contribution in [0.25, 0.3) is 0 Å². The normalized spacial score (nSPS) is 15.2. The Balaban J connectivity index is 3.15. The Labute approximate surface area is 108 Å². The van der Waals surface area contributed by atoms with Crippen molar-refractivity contribution in [1.29, 1.82) is 0 Å². The van der Waals surface area contributed by atoms with E-state index in [-0.39, 0.29) is 4.90 Å². The number of hydrogen-bond donors (Lipinski definition) is 2. The van der Waals surface area contributed by atoms with Gasteiger partial charge in [0, 0.05) is 4.47 Å². The van der Waals surface area contributed by atoms with E-state index in [9.17, 15) is 13.2 Å². The molecule has 7 heteroatoms. The van der Waals surface area contributed by atoms with Gasteiger partial charge in [-0.3, -0.25) is 4.79 Å². The van der Waals surface area contributed by atoms with Crippen LogP contribution in [-0.2, 0) is 14.6 Å². The largest absolute Gasteiger partial charge is 0.480 e. The predicted molar refractivity (Wildman–Crippen MR) is 66.4 cm³/mol. The van der Waals surface area contributed by atoms with Gasteiger partial charge in [-0.2, -0.15) is 0 Å². The van der Waals surface area contributed by atoms with E-state index in [1.807, 2.05) is 0 Å². The van der Waals surface area contributed by atoms with Crippen molar-refractivity contribution in [2.24, 2.45) is 5.73 Å². The highest BCUT2D eigenvalue weighted by molar-refractivity contribution is 9.10. The lowest BCUT2D eigenvalue weighted by Gasteiger charge is -2.19. The van der Waals surface area contributed by atoms with E-state index >= 15 is 0 Å². The number of benzene rings is 1. The molecule has 17 heavy (non-hydrogen) atoms. The molecule has 0 radical (unpaired) electrons. The molecule has 0 aliphatic carbocycles. The molecule has 0 aromatic heterocycles. The maximum Gasteiger partial charge on any atom is 0.324 e. The molecule has 1 rings (SSSR count). The Morgan fingerprint density at radius 2 is 2.00 bits per heavy atom. The topological polar surface area (TPSA) is 97.5 Å². The minimum absolute atomic E-state index is 0.0397. The number of hydrogen-bond acceptors (Lipinski definition) is 4. The smallest absolute Gasteiger partial charge is 0.324 e. The molecule has 0 spiro atoms. The van der Waals surface area contributed by atoms with Gasteiger partial charge in [-0.25, -0.2) is 8.42 Å². The number of carbonyl (C=O) groups is 1. The summed E-state index contributed by atoms with van der Waals surface area (Å²) in [5.74, 6) is -2.01. The SMILES string of the molecule is C[C@@](N)(CS(=O)(=O)c1ccccc1Br)C(=O)O. The molecular formula is C10H12BrNO4S. The molecular weight excluding hydrogens is 310 g/mol. The van der Waals surface area contributed by atoms with Crippen LogP contribution in [0.3, 0.4) is 0 Å². The van der Waals surface area contributed by atoms with Crippen molar-refractivity contribution in [2.75, 3.05) is 5.75 Å². The molecule has 3 N–H and O–H groups in total. The molecule has 0 aliphatic heterocycles. The second-order valence-corrected chi connectivity index (χ2v) is 6.72. The van der Waals surface area contributed by atoms with Crippen molar-refractivity contribution in [2.45, 2.75) is 17.4 Å². The number of rotatable bonds is 4. The molecule has 0 heterocycles. The van der Waals surface area contributed by atoms with Crippen LogP contribution in [0, 0.1) is 0 Å². The second kappa shape index (κ2) is 4.75. The molecule has 0 aliphatic rings. The van der Waals surface area contributed by atoms with Gasteiger partial charge in [0.25, 0.3) is 0 Å². The molecule has 0 unspecified atom stereocenters. The van der Waals surface area contributed by atoms with E-state index in [0.29, 0.717) is 4.47 Å². The molecule has 94 valence electrons. The third-order valence-corrected chi connectivity index (χ3v) is 5.11. The van der Waals surface area contributed by atoms with Crippen LogP contribution < -0.4 is 5.73 Å². The lowest BCUT2D eigenvalue weighted by atomic mass is 10.1. The quantitative estimate of drug-likeness (QED) is 0.863. The highest BCUT2D eigenvalue weighted by Gasteiger charge is 2.35. The van der Waals surface area contributed by atoms with Gasteiger partial charge in [-0.1, -0.05) is 12.1 Å². The summed E-state index contributed by atoms with van der Waals surface area (Å²) >= 11 is 3.11. The van der Waals surface area contributed by atoms with Crippen LogP contribution >= 0.6 is 15.9 Å². The Hall–Kier alpha value is -0.920. The lowest BCUT2D eigenvalue weighted by molar-refractivity contribution is -0.141. The summed E-state index contributed by atoms with van der Waals surface area (Å²) in [6.45, 7) is 1.17. The van der Waals surface area contributed by atoms with Crippen LogP contribution in [0.1, 0.15) is 6.92 Å². The first-order valence-corrected chi connectivity index (χ1v) is 7.11. The van der Waals surface area contributed by atoms with E-state index in [1.165, 1.54) is 13.0 Å². The van der Waals surface area contributed by atoms with Crippen LogP contribution in [0.4, 0.5) is 0 Å². The van der Waals surface area contributed by atoms with Crippen molar-refractivity contribution >= 4 is 31.7 Å². The van der Waals surface area contributed by atoms with Crippen molar-refractivity contribution in [3.63, 3.8) is 0 Å². The average Bonchev–Trinajstić information content (AvgIpc) is 2.16. The van der Waals surface area contributed by atoms with Gasteiger partial charge in [0.15, 0.2) is 9.84 Å². The molecule has 1 atom stereocenters. The van der Waals surface area contributed by atoms with Crippen LogP contribution in [-0.4, -0.2) is 30.8 Å². The zero-order valence-corrected chi connectivity index (χ0v) is 11.5. The van der Waals surface area contributed by atoms with Crippen molar-refractivity contribution in [1.82, 2.24) is 0 Å². The average molecular weight is 322 g/mol. The molecule has 5 nitrogen and oxygen atoms in total. The van der Waals surface area contributed by atoms with Crippen LogP contribution in [0.15, 0.2) is 33.6 Å².